The Labute approximate surface area is 180 Å². The van der Waals surface area contributed by atoms with Gasteiger partial charge in [0, 0.05) is 38.3 Å². The molecule has 0 unspecified atom stereocenters. The number of aryl methyl sites for hydroxylation is 2. The summed E-state index contributed by atoms with van der Waals surface area (Å²) in [5.41, 5.74) is 2.92. The minimum atomic E-state index is 0.596. The van der Waals surface area contributed by atoms with E-state index in [4.69, 9.17) is 16.6 Å². The average Bonchev–Trinajstić information content (AvgIpc) is 3.33. The molecule has 0 amide bonds. The molecule has 0 bridgehead atoms. The molecule has 5 rings (SSSR count). The number of fused-ring (bicyclic) bond motifs is 2. The number of aromatic nitrogens is 6. The molecule has 0 atom stereocenters. The molecule has 1 aliphatic heterocycles. The fraction of sp³-hybridized carbons (Fsp3) is 0.364. The molecule has 0 saturated heterocycles. The van der Waals surface area contributed by atoms with Crippen molar-refractivity contribution >= 4 is 28.5 Å². The van der Waals surface area contributed by atoms with Gasteiger partial charge in [-0.25, -0.2) is 9.97 Å². The van der Waals surface area contributed by atoms with E-state index in [1.165, 1.54) is 0 Å². The molecule has 0 spiro atoms. The fourth-order valence-electron chi connectivity index (χ4n) is 4.09. The number of anilines is 1. The summed E-state index contributed by atoms with van der Waals surface area (Å²) in [5, 5.41) is 9.43. The minimum absolute atomic E-state index is 0.596. The summed E-state index contributed by atoms with van der Waals surface area (Å²) in [6.45, 7) is 4.62. The van der Waals surface area contributed by atoms with Crippen molar-refractivity contribution in [2.45, 2.75) is 39.3 Å². The maximum Gasteiger partial charge on any atom is 0.152 e. The first kappa shape index (κ1) is 19.1. The van der Waals surface area contributed by atoms with E-state index < -0.39 is 0 Å². The predicted molar refractivity (Wildman–Crippen MR) is 119 cm³/mol. The molecule has 8 heteroatoms. The zero-order valence-corrected chi connectivity index (χ0v) is 18.0. The van der Waals surface area contributed by atoms with E-state index in [9.17, 15) is 0 Å². The summed E-state index contributed by atoms with van der Waals surface area (Å²) in [6.07, 6.45) is 5.01. The second-order valence-electron chi connectivity index (χ2n) is 7.71. The predicted octanol–water partition coefficient (Wildman–Crippen LogP) is 4.24. The standard InChI is InChI=1S/C22H24ClN7/c1-3-4-9-19-26-27-21-14-29(10-11-30(19)21)20-12-15(16(23)13-24-20)22-25-17-7-5-6-8-18(17)28(22)2/h5-8,12-13H,3-4,9-11,14H2,1-2H3. The first-order valence-corrected chi connectivity index (χ1v) is 10.8. The van der Waals surface area contributed by atoms with Gasteiger partial charge in [-0.2, -0.15) is 0 Å². The zero-order valence-electron chi connectivity index (χ0n) is 17.2. The molecule has 0 aliphatic carbocycles. The monoisotopic (exact) mass is 421 g/mol. The summed E-state index contributed by atoms with van der Waals surface area (Å²) >= 11 is 6.54. The number of rotatable bonds is 5. The van der Waals surface area contributed by atoms with E-state index in [1.807, 2.05) is 31.3 Å². The van der Waals surface area contributed by atoms with E-state index in [1.54, 1.807) is 6.20 Å². The van der Waals surface area contributed by atoms with Crippen LogP contribution < -0.4 is 4.90 Å². The first-order chi connectivity index (χ1) is 14.7. The average molecular weight is 422 g/mol. The van der Waals surface area contributed by atoms with Crippen LogP contribution in [-0.2, 0) is 26.6 Å². The van der Waals surface area contributed by atoms with Gasteiger partial charge in [0.2, 0.25) is 0 Å². The Kier molecular flexibility index (Phi) is 4.90. The van der Waals surface area contributed by atoms with Crippen LogP contribution in [0.15, 0.2) is 36.5 Å². The molecule has 4 heterocycles. The molecule has 0 fully saturated rings. The van der Waals surface area contributed by atoms with Gasteiger partial charge in [0.1, 0.15) is 17.5 Å². The highest BCUT2D eigenvalue weighted by Gasteiger charge is 2.23. The van der Waals surface area contributed by atoms with Gasteiger partial charge in [0.05, 0.1) is 22.6 Å². The molecule has 154 valence electrons. The third-order valence-corrected chi connectivity index (χ3v) is 6.08. The van der Waals surface area contributed by atoms with Crippen molar-refractivity contribution in [2.75, 3.05) is 11.4 Å². The van der Waals surface area contributed by atoms with E-state index >= 15 is 0 Å². The second kappa shape index (κ2) is 7.72. The van der Waals surface area contributed by atoms with Gasteiger partial charge < -0.3 is 14.0 Å². The summed E-state index contributed by atoms with van der Waals surface area (Å²) in [4.78, 5) is 11.6. The Bertz CT molecular complexity index is 1210. The van der Waals surface area contributed by atoms with Gasteiger partial charge in [-0.05, 0) is 24.6 Å². The Morgan fingerprint density at radius 2 is 2.00 bits per heavy atom. The summed E-state index contributed by atoms with van der Waals surface area (Å²) in [7, 11) is 2.02. The fourth-order valence-corrected chi connectivity index (χ4v) is 4.28. The van der Waals surface area contributed by atoms with Crippen LogP contribution in [0.4, 0.5) is 5.82 Å². The first-order valence-electron chi connectivity index (χ1n) is 10.4. The van der Waals surface area contributed by atoms with E-state index in [2.05, 4.69) is 42.2 Å². The minimum Gasteiger partial charge on any atom is -0.347 e. The van der Waals surface area contributed by atoms with Crippen molar-refractivity contribution in [1.29, 1.82) is 0 Å². The second-order valence-corrected chi connectivity index (χ2v) is 8.12. The number of nitrogens with zero attached hydrogens (tertiary/aromatic N) is 7. The third-order valence-electron chi connectivity index (χ3n) is 5.78. The van der Waals surface area contributed by atoms with Gasteiger partial charge in [-0.15, -0.1) is 10.2 Å². The molecule has 0 radical (unpaired) electrons. The molecule has 1 aliphatic rings. The molecular weight excluding hydrogens is 398 g/mol. The van der Waals surface area contributed by atoms with Crippen LogP contribution in [0.3, 0.4) is 0 Å². The lowest BCUT2D eigenvalue weighted by molar-refractivity contribution is 0.535. The van der Waals surface area contributed by atoms with Crippen molar-refractivity contribution in [2.24, 2.45) is 7.05 Å². The van der Waals surface area contributed by atoms with Crippen molar-refractivity contribution in [3.63, 3.8) is 0 Å². The van der Waals surface area contributed by atoms with Crippen LogP contribution in [0.5, 0.6) is 0 Å². The maximum absolute atomic E-state index is 6.54. The zero-order chi connectivity index (χ0) is 20.7. The lowest BCUT2D eigenvalue weighted by Crippen LogP contribution is -2.35. The Morgan fingerprint density at radius 3 is 2.83 bits per heavy atom. The molecular formula is C22H24ClN7. The van der Waals surface area contributed by atoms with Crippen LogP contribution in [0.25, 0.3) is 22.4 Å². The van der Waals surface area contributed by atoms with Crippen LogP contribution in [-0.4, -0.2) is 35.8 Å². The number of benzene rings is 1. The lowest BCUT2D eigenvalue weighted by Gasteiger charge is -2.29. The van der Waals surface area contributed by atoms with Crippen LogP contribution in [0.2, 0.25) is 5.02 Å². The Morgan fingerprint density at radius 1 is 1.13 bits per heavy atom. The third kappa shape index (κ3) is 3.23. The Balaban J connectivity index is 1.47. The highest BCUT2D eigenvalue weighted by Crippen LogP contribution is 2.32. The topological polar surface area (TPSA) is 64.7 Å². The number of halogens is 1. The number of hydrogen-bond donors (Lipinski definition) is 0. The molecule has 4 aromatic rings. The SMILES string of the molecule is CCCCc1nnc2n1CCN(c1cc(-c3nc4ccccc4n3C)c(Cl)cn1)C2. The highest BCUT2D eigenvalue weighted by atomic mass is 35.5. The Hall–Kier alpha value is -2.93. The lowest BCUT2D eigenvalue weighted by atomic mass is 10.2. The quantitative estimate of drug-likeness (QED) is 0.482. The molecule has 3 aromatic heterocycles. The number of pyridine rings is 1. The molecule has 0 saturated carbocycles. The van der Waals surface area contributed by atoms with E-state index in [0.717, 1.165) is 72.2 Å². The van der Waals surface area contributed by atoms with Crippen molar-refractivity contribution in [3.05, 3.63) is 53.2 Å². The van der Waals surface area contributed by atoms with Crippen LogP contribution >= 0.6 is 11.6 Å². The van der Waals surface area contributed by atoms with Gasteiger partial charge in [-0.1, -0.05) is 37.1 Å². The van der Waals surface area contributed by atoms with Gasteiger partial charge in [0.15, 0.2) is 5.82 Å². The number of para-hydroxylation sites is 2. The van der Waals surface area contributed by atoms with Crippen molar-refractivity contribution < 1.29 is 0 Å². The van der Waals surface area contributed by atoms with Crippen LogP contribution in [0, 0.1) is 0 Å². The van der Waals surface area contributed by atoms with Gasteiger partial charge >= 0.3 is 0 Å². The van der Waals surface area contributed by atoms with Gasteiger partial charge in [0.25, 0.3) is 0 Å². The van der Waals surface area contributed by atoms with E-state index in [0.29, 0.717) is 11.6 Å². The summed E-state index contributed by atoms with van der Waals surface area (Å²) < 4.78 is 4.33. The van der Waals surface area contributed by atoms with Gasteiger partial charge in [-0.3, -0.25) is 0 Å². The smallest absolute Gasteiger partial charge is 0.152 e. The maximum atomic E-state index is 6.54. The molecule has 0 N–H and O–H groups in total. The normalized spacial score (nSPS) is 13.8. The molecule has 1 aromatic carbocycles. The van der Waals surface area contributed by atoms with Crippen molar-refractivity contribution in [1.82, 2.24) is 29.3 Å². The number of hydrogen-bond acceptors (Lipinski definition) is 5. The largest absolute Gasteiger partial charge is 0.347 e. The number of unbranched alkanes of at least 4 members (excludes halogenated alkanes) is 1. The number of imidazole rings is 1. The van der Waals surface area contributed by atoms with Crippen molar-refractivity contribution in [3.8, 4) is 11.4 Å². The summed E-state index contributed by atoms with van der Waals surface area (Å²) in [6, 6.07) is 10.1. The van der Waals surface area contributed by atoms with Crippen LogP contribution in [0.1, 0.15) is 31.4 Å². The summed E-state index contributed by atoms with van der Waals surface area (Å²) in [5.74, 6) is 3.81. The molecule has 7 nitrogen and oxygen atoms in total. The molecule has 30 heavy (non-hydrogen) atoms. The highest BCUT2D eigenvalue weighted by molar-refractivity contribution is 6.33. The van der Waals surface area contributed by atoms with E-state index in [-0.39, 0.29) is 0 Å².